The lowest BCUT2D eigenvalue weighted by atomic mass is 9.98. The maximum absolute atomic E-state index is 12.5. The van der Waals surface area contributed by atoms with Gasteiger partial charge in [-0.05, 0) is 24.5 Å². The van der Waals surface area contributed by atoms with E-state index in [4.69, 9.17) is 6.42 Å². The molecule has 0 bridgehead atoms. The molecule has 0 aliphatic carbocycles. The van der Waals surface area contributed by atoms with Crippen LogP contribution in [0, 0.1) is 19.3 Å². The molecule has 10 heteroatoms. The molecule has 0 unspecified atom stereocenters. The van der Waals surface area contributed by atoms with Crippen LogP contribution >= 0.6 is 0 Å². The molecule has 0 fully saturated rings. The van der Waals surface area contributed by atoms with Crippen molar-refractivity contribution in [1.29, 1.82) is 0 Å². The van der Waals surface area contributed by atoms with Crippen LogP contribution in [-0.2, 0) is 0 Å². The van der Waals surface area contributed by atoms with Gasteiger partial charge in [0, 0.05) is 36.7 Å². The van der Waals surface area contributed by atoms with Crippen molar-refractivity contribution in [3.05, 3.63) is 47.4 Å². The maximum Gasteiger partial charge on any atom is 0.390 e. The van der Waals surface area contributed by atoms with E-state index in [0.717, 1.165) is 0 Å². The molecule has 0 saturated heterocycles. The van der Waals surface area contributed by atoms with Crippen LogP contribution in [0.3, 0.4) is 0 Å². The third-order valence-electron chi connectivity index (χ3n) is 4.75. The van der Waals surface area contributed by atoms with Crippen molar-refractivity contribution in [3.8, 4) is 23.6 Å². The number of nitrogens with one attached hydrogen (secondary N) is 1. The van der Waals surface area contributed by atoms with Crippen LogP contribution in [0.5, 0.6) is 0 Å². The highest BCUT2D eigenvalue weighted by molar-refractivity contribution is 5.98. The molecule has 0 saturated carbocycles. The van der Waals surface area contributed by atoms with Crippen molar-refractivity contribution in [2.24, 2.45) is 0 Å². The molecule has 1 N–H and O–H groups in total. The summed E-state index contributed by atoms with van der Waals surface area (Å²) in [6.45, 7) is 1.30. The normalized spacial score (nSPS) is 11.7. The quantitative estimate of drug-likeness (QED) is 0.288. The number of ketones is 1. The molecule has 0 spiro atoms. The van der Waals surface area contributed by atoms with Gasteiger partial charge in [-0.3, -0.25) is 9.20 Å². The lowest BCUT2D eigenvalue weighted by Crippen LogP contribution is -2.16. The number of aryl methyl sites for hydroxylation is 1. The van der Waals surface area contributed by atoms with Crippen molar-refractivity contribution < 1.29 is 26.7 Å². The number of imidazole rings is 1. The van der Waals surface area contributed by atoms with E-state index < -0.39 is 32.0 Å². The number of anilines is 1. The minimum absolute atomic E-state index is 0.117. The zero-order valence-electron chi connectivity index (χ0n) is 17.0. The first-order valence-electron chi connectivity index (χ1n) is 9.66. The highest BCUT2D eigenvalue weighted by Crippen LogP contribution is 2.27. The SMILES string of the molecule is C#Cc1cn2c(-c3ccc(C(=O)CCC(F)F)c(C)c3)cnc2c(NCCC(F)(F)F)n1. The van der Waals surface area contributed by atoms with Crippen LogP contribution in [0.1, 0.15) is 40.9 Å². The van der Waals surface area contributed by atoms with Gasteiger partial charge >= 0.3 is 6.18 Å². The van der Waals surface area contributed by atoms with Crippen molar-refractivity contribution >= 4 is 17.2 Å². The summed E-state index contributed by atoms with van der Waals surface area (Å²) in [6, 6.07) is 4.92. The molecular formula is C22H19F5N4O. The van der Waals surface area contributed by atoms with Crippen molar-refractivity contribution in [2.75, 3.05) is 11.9 Å². The number of hydrogen-bond donors (Lipinski definition) is 1. The number of hydrogen-bond acceptors (Lipinski definition) is 4. The predicted octanol–water partition coefficient (Wildman–Crippen LogP) is 5.28. The number of aromatic nitrogens is 3. The lowest BCUT2D eigenvalue weighted by molar-refractivity contribution is -0.131. The first kappa shape index (κ1) is 23.2. The zero-order chi connectivity index (χ0) is 23.5. The topological polar surface area (TPSA) is 59.3 Å². The maximum atomic E-state index is 12.5. The second-order valence-corrected chi connectivity index (χ2v) is 7.13. The van der Waals surface area contributed by atoms with Crippen LogP contribution in [0.2, 0.25) is 0 Å². The second kappa shape index (κ2) is 9.34. The number of halogens is 5. The summed E-state index contributed by atoms with van der Waals surface area (Å²) in [4.78, 5) is 20.6. The van der Waals surface area contributed by atoms with E-state index in [9.17, 15) is 26.7 Å². The van der Waals surface area contributed by atoms with E-state index in [1.807, 2.05) is 0 Å². The Balaban J connectivity index is 1.94. The number of carbonyl (C=O) groups excluding carboxylic acids is 1. The minimum atomic E-state index is -4.32. The number of benzene rings is 1. The first-order chi connectivity index (χ1) is 15.1. The van der Waals surface area contributed by atoms with E-state index >= 15 is 0 Å². The van der Waals surface area contributed by atoms with Gasteiger partial charge in [0.15, 0.2) is 17.2 Å². The average molecular weight is 450 g/mol. The number of nitrogens with zero attached hydrogens (tertiary/aromatic N) is 3. The Morgan fingerprint density at radius 1 is 1.31 bits per heavy atom. The van der Waals surface area contributed by atoms with Gasteiger partial charge in [-0.15, -0.1) is 6.42 Å². The minimum Gasteiger partial charge on any atom is -0.367 e. The van der Waals surface area contributed by atoms with Gasteiger partial charge in [-0.25, -0.2) is 18.7 Å². The Bertz CT molecular complexity index is 1180. The van der Waals surface area contributed by atoms with Gasteiger partial charge in [0.2, 0.25) is 6.43 Å². The third kappa shape index (κ3) is 5.41. The fourth-order valence-corrected chi connectivity index (χ4v) is 3.22. The Morgan fingerprint density at radius 2 is 2.06 bits per heavy atom. The third-order valence-corrected chi connectivity index (χ3v) is 4.75. The molecule has 0 aliphatic heterocycles. The molecule has 0 atom stereocenters. The monoisotopic (exact) mass is 450 g/mol. The van der Waals surface area contributed by atoms with Crippen LogP contribution in [-0.4, -0.2) is 39.3 Å². The van der Waals surface area contributed by atoms with Gasteiger partial charge in [0.25, 0.3) is 0 Å². The first-order valence-corrected chi connectivity index (χ1v) is 9.66. The Morgan fingerprint density at radius 3 is 2.69 bits per heavy atom. The van der Waals surface area contributed by atoms with E-state index in [1.54, 1.807) is 29.5 Å². The second-order valence-electron chi connectivity index (χ2n) is 7.13. The average Bonchev–Trinajstić information content (AvgIpc) is 3.15. The molecular weight excluding hydrogens is 431 g/mol. The Hall–Kier alpha value is -3.48. The number of Topliss-reactive ketones (excluding diaryl/α,β-unsaturated/α-hetero) is 1. The Labute approximate surface area is 180 Å². The number of alkyl halides is 5. The lowest BCUT2D eigenvalue weighted by Gasteiger charge is -2.11. The molecule has 168 valence electrons. The van der Waals surface area contributed by atoms with Crippen LogP contribution < -0.4 is 5.32 Å². The van der Waals surface area contributed by atoms with Crippen molar-refractivity contribution in [2.45, 2.75) is 38.8 Å². The number of rotatable bonds is 8. The molecule has 5 nitrogen and oxygen atoms in total. The molecule has 0 amide bonds. The summed E-state index contributed by atoms with van der Waals surface area (Å²) in [5.41, 5.74) is 2.68. The molecule has 3 rings (SSSR count). The van der Waals surface area contributed by atoms with Crippen LogP contribution in [0.4, 0.5) is 27.8 Å². The molecule has 32 heavy (non-hydrogen) atoms. The molecule has 3 aromatic rings. The van der Waals surface area contributed by atoms with Gasteiger partial charge in [0.1, 0.15) is 5.69 Å². The number of carbonyl (C=O) groups is 1. The van der Waals surface area contributed by atoms with E-state index in [0.29, 0.717) is 22.4 Å². The molecule has 1 aromatic carbocycles. The number of fused-ring (bicyclic) bond motifs is 1. The highest BCUT2D eigenvalue weighted by atomic mass is 19.4. The molecule has 2 aromatic heterocycles. The summed E-state index contributed by atoms with van der Waals surface area (Å²) in [7, 11) is 0. The van der Waals surface area contributed by atoms with Gasteiger partial charge in [-0.2, -0.15) is 13.2 Å². The summed E-state index contributed by atoms with van der Waals surface area (Å²) >= 11 is 0. The fraction of sp³-hybridized carbons (Fsp3) is 0.318. The van der Waals surface area contributed by atoms with E-state index in [-0.39, 0.29) is 29.4 Å². The summed E-state index contributed by atoms with van der Waals surface area (Å²) in [5, 5.41) is 2.63. The highest BCUT2D eigenvalue weighted by Gasteiger charge is 2.26. The van der Waals surface area contributed by atoms with Crippen molar-refractivity contribution in [3.63, 3.8) is 0 Å². The van der Waals surface area contributed by atoms with Crippen molar-refractivity contribution in [1.82, 2.24) is 14.4 Å². The van der Waals surface area contributed by atoms with Crippen LogP contribution in [0.25, 0.3) is 16.9 Å². The van der Waals surface area contributed by atoms with Gasteiger partial charge in [0.05, 0.1) is 18.3 Å². The molecule has 0 aliphatic rings. The van der Waals surface area contributed by atoms with Gasteiger partial charge in [-0.1, -0.05) is 12.1 Å². The Kier molecular flexibility index (Phi) is 6.77. The van der Waals surface area contributed by atoms with Crippen LogP contribution in [0.15, 0.2) is 30.6 Å². The van der Waals surface area contributed by atoms with E-state index in [2.05, 4.69) is 21.2 Å². The fourth-order valence-electron chi connectivity index (χ4n) is 3.22. The standard InChI is InChI=1S/C22H19F5N4O/c1-3-15-12-31-17(11-29-21(31)20(30-15)28-9-8-22(25,26)27)14-4-5-16(13(2)10-14)18(32)6-7-19(23)24/h1,4-5,10-12,19H,6-9H2,2H3,(H,28,30). The molecule has 0 radical (unpaired) electrons. The largest absolute Gasteiger partial charge is 0.390 e. The summed E-state index contributed by atoms with van der Waals surface area (Å²) in [5.74, 6) is 2.11. The van der Waals surface area contributed by atoms with E-state index in [1.165, 1.54) is 12.4 Å². The predicted molar refractivity (Wildman–Crippen MR) is 110 cm³/mol. The molecule has 2 heterocycles. The number of terminal acetylenes is 1. The zero-order valence-corrected chi connectivity index (χ0v) is 17.0. The summed E-state index contributed by atoms with van der Waals surface area (Å²) in [6.07, 6.45) is -0.174. The van der Waals surface area contributed by atoms with Gasteiger partial charge < -0.3 is 5.32 Å². The smallest absolute Gasteiger partial charge is 0.367 e. The summed E-state index contributed by atoms with van der Waals surface area (Å²) < 4.78 is 63.8.